The second kappa shape index (κ2) is 9.09. The van der Waals surface area contributed by atoms with Crippen LogP contribution >= 0.6 is 0 Å². The molecule has 1 aliphatic rings. The molecule has 0 spiro atoms. The molecule has 1 heterocycles. The van der Waals surface area contributed by atoms with Crippen LogP contribution in [-0.2, 0) is 11.3 Å². The number of rotatable bonds is 5. The average Bonchev–Trinajstić information content (AvgIpc) is 2.71. The molecule has 6 N–H and O–H groups in total. The first-order chi connectivity index (χ1) is 13.9. The first kappa shape index (κ1) is 20.2. The van der Waals surface area contributed by atoms with Gasteiger partial charge in [0.2, 0.25) is 0 Å². The van der Waals surface area contributed by atoms with Crippen LogP contribution in [0.4, 0.5) is 10.5 Å². The van der Waals surface area contributed by atoms with E-state index >= 15 is 0 Å². The SMILES string of the molecule is Nc1c(C(=O)N[C@H]2CC[C@@H](NC(=O)OCc3ccccc3)CC2)[nH]c(=O)[nH]c1=O. The van der Waals surface area contributed by atoms with Gasteiger partial charge in [0, 0.05) is 12.1 Å². The summed E-state index contributed by atoms with van der Waals surface area (Å²) in [6.45, 7) is 0.202. The summed E-state index contributed by atoms with van der Waals surface area (Å²) >= 11 is 0. The number of benzene rings is 1. The molecule has 1 aromatic carbocycles. The van der Waals surface area contributed by atoms with Crippen LogP contribution in [0.2, 0.25) is 0 Å². The van der Waals surface area contributed by atoms with Crippen molar-refractivity contribution in [3.63, 3.8) is 0 Å². The van der Waals surface area contributed by atoms with Gasteiger partial charge in [0.15, 0.2) is 0 Å². The predicted octanol–water partition coefficient (Wildman–Crippen LogP) is 0.613. The van der Waals surface area contributed by atoms with Gasteiger partial charge in [-0.15, -0.1) is 0 Å². The highest BCUT2D eigenvalue weighted by Gasteiger charge is 2.25. The van der Waals surface area contributed by atoms with Crippen molar-refractivity contribution in [3.05, 3.63) is 62.4 Å². The van der Waals surface area contributed by atoms with Crippen molar-refractivity contribution in [2.24, 2.45) is 0 Å². The first-order valence-corrected chi connectivity index (χ1v) is 9.32. The lowest BCUT2D eigenvalue weighted by Crippen LogP contribution is -2.44. The zero-order chi connectivity index (χ0) is 20.8. The molecule has 1 aliphatic carbocycles. The summed E-state index contributed by atoms with van der Waals surface area (Å²) in [5.74, 6) is -0.607. The van der Waals surface area contributed by atoms with Crippen LogP contribution in [-0.4, -0.2) is 34.1 Å². The number of alkyl carbamates (subject to hydrolysis) is 1. The largest absolute Gasteiger partial charge is 0.445 e. The molecular formula is C19H23N5O5. The maximum absolute atomic E-state index is 12.3. The Bertz CT molecular complexity index is 976. The van der Waals surface area contributed by atoms with E-state index in [0.717, 1.165) is 5.56 Å². The fourth-order valence-electron chi connectivity index (χ4n) is 3.25. The van der Waals surface area contributed by atoms with E-state index in [1.54, 1.807) is 0 Å². The van der Waals surface area contributed by atoms with Gasteiger partial charge in [-0.2, -0.15) is 0 Å². The van der Waals surface area contributed by atoms with Crippen LogP contribution in [0.3, 0.4) is 0 Å². The molecule has 1 saturated carbocycles. The second-order valence-corrected chi connectivity index (χ2v) is 6.93. The molecule has 0 bridgehead atoms. The summed E-state index contributed by atoms with van der Waals surface area (Å²) in [6.07, 6.45) is 2.10. The standard InChI is InChI=1S/C19H23N5O5/c20-14-15(23-18(27)24-16(14)25)17(26)21-12-6-8-13(9-7-12)22-19(28)29-10-11-4-2-1-3-5-11/h1-5,12-13H,6-10,20H2,(H,21,26)(H,22,28)(H2,23,24,25,27)/t12-,13+. The fraction of sp³-hybridized carbons (Fsp3) is 0.368. The van der Waals surface area contributed by atoms with Gasteiger partial charge in [-0.1, -0.05) is 30.3 Å². The van der Waals surface area contributed by atoms with Crippen molar-refractivity contribution in [2.45, 2.75) is 44.4 Å². The third-order valence-electron chi connectivity index (χ3n) is 4.80. The monoisotopic (exact) mass is 401 g/mol. The fourth-order valence-corrected chi connectivity index (χ4v) is 3.25. The number of anilines is 1. The van der Waals surface area contributed by atoms with Gasteiger partial charge in [-0.05, 0) is 31.2 Å². The minimum atomic E-state index is -0.805. The van der Waals surface area contributed by atoms with E-state index in [9.17, 15) is 19.2 Å². The summed E-state index contributed by atoms with van der Waals surface area (Å²) < 4.78 is 5.22. The van der Waals surface area contributed by atoms with Crippen molar-refractivity contribution in [3.8, 4) is 0 Å². The topological polar surface area (TPSA) is 159 Å². The molecular weight excluding hydrogens is 378 g/mol. The predicted molar refractivity (Wildman–Crippen MR) is 105 cm³/mol. The zero-order valence-corrected chi connectivity index (χ0v) is 15.7. The van der Waals surface area contributed by atoms with E-state index in [2.05, 4.69) is 15.6 Å². The van der Waals surface area contributed by atoms with Crippen LogP contribution < -0.4 is 27.6 Å². The van der Waals surface area contributed by atoms with Gasteiger partial charge in [0.05, 0.1) is 0 Å². The van der Waals surface area contributed by atoms with Gasteiger partial charge in [-0.3, -0.25) is 14.6 Å². The van der Waals surface area contributed by atoms with Gasteiger partial charge in [0.25, 0.3) is 11.5 Å². The molecule has 29 heavy (non-hydrogen) atoms. The van der Waals surface area contributed by atoms with Crippen molar-refractivity contribution >= 4 is 17.7 Å². The molecule has 0 saturated heterocycles. The van der Waals surface area contributed by atoms with Gasteiger partial charge in [-0.25, -0.2) is 9.59 Å². The number of carbonyl (C=O) groups is 2. The minimum absolute atomic E-state index is 0.0455. The molecule has 2 amide bonds. The molecule has 10 nitrogen and oxygen atoms in total. The van der Waals surface area contributed by atoms with Crippen LogP contribution in [0, 0.1) is 0 Å². The third kappa shape index (κ3) is 5.47. The van der Waals surface area contributed by atoms with Crippen molar-refractivity contribution in [2.75, 3.05) is 5.73 Å². The van der Waals surface area contributed by atoms with Crippen LogP contribution in [0.15, 0.2) is 39.9 Å². The lowest BCUT2D eigenvalue weighted by molar-refractivity contribution is 0.0916. The molecule has 1 aromatic heterocycles. The number of aromatic nitrogens is 2. The number of nitrogen functional groups attached to an aromatic ring is 1. The maximum Gasteiger partial charge on any atom is 0.407 e. The van der Waals surface area contributed by atoms with E-state index < -0.39 is 23.2 Å². The van der Waals surface area contributed by atoms with Crippen LogP contribution in [0.1, 0.15) is 41.7 Å². The number of H-pyrrole nitrogens is 2. The molecule has 2 aromatic rings. The lowest BCUT2D eigenvalue weighted by atomic mass is 9.91. The van der Waals surface area contributed by atoms with E-state index in [4.69, 9.17) is 10.5 Å². The van der Waals surface area contributed by atoms with E-state index in [0.29, 0.717) is 25.7 Å². The number of amides is 2. The van der Waals surface area contributed by atoms with Crippen molar-refractivity contribution in [1.82, 2.24) is 20.6 Å². The normalized spacial score (nSPS) is 18.6. The number of ether oxygens (including phenoxy) is 1. The Labute approximate surface area is 165 Å². The average molecular weight is 401 g/mol. The summed E-state index contributed by atoms with van der Waals surface area (Å²) in [5, 5.41) is 5.60. The lowest BCUT2D eigenvalue weighted by Gasteiger charge is -2.29. The highest BCUT2D eigenvalue weighted by molar-refractivity contribution is 5.96. The Morgan fingerprint density at radius 1 is 1.00 bits per heavy atom. The number of aromatic amines is 2. The molecule has 3 rings (SSSR count). The zero-order valence-electron chi connectivity index (χ0n) is 15.7. The molecule has 0 unspecified atom stereocenters. The van der Waals surface area contributed by atoms with Crippen LogP contribution in [0.5, 0.6) is 0 Å². The van der Waals surface area contributed by atoms with E-state index in [1.165, 1.54) is 0 Å². The minimum Gasteiger partial charge on any atom is -0.445 e. The highest BCUT2D eigenvalue weighted by Crippen LogP contribution is 2.19. The first-order valence-electron chi connectivity index (χ1n) is 9.32. The maximum atomic E-state index is 12.3. The van der Waals surface area contributed by atoms with E-state index in [1.807, 2.05) is 35.3 Å². The smallest absolute Gasteiger partial charge is 0.407 e. The molecule has 0 aliphatic heterocycles. The summed E-state index contributed by atoms with van der Waals surface area (Å²) in [5.41, 5.74) is 4.30. The molecule has 154 valence electrons. The Balaban J connectivity index is 1.44. The number of hydrogen-bond donors (Lipinski definition) is 5. The van der Waals surface area contributed by atoms with Crippen molar-refractivity contribution < 1.29 is 14.3 Å². The number of nitrogens with two attached hydrogens (primary N) is 1. The quantitative estimate of drug-likeness (QED) is 0.494. The Kier molecular flexibility index (Phi) is 6.32. The van der Waals surface area contributed by atoms with Gasteiger partial charge >= 0.3 is 11.8 Å². The number of hydrogen-bond acceptors (Lipinski definition) is 6. The number of nitrogens with one attached hydrogen (secondary N) is 4. The Hall–Kier alpha value is -3.56. The Morgan fingerprint density at radius 3 is 2.28 bits per heavy atom. The molecule has 1 fully saturated rings. The van der Waals surface area contributed by atoms with Crippen molar-refractivity contribution in [1.29, 1.82) is 0 Å². The van der Waals surface area contributed by atoms with E-state index in [-0.39, 0.29) is 30.1 Å². The summed E-state index contributed by atoms with van der Waals surface area (Å²) in [6, 6.07) is 9.20. The third-order valence-corrected chi connectivity index (χ3v) is 4.80. The highest BCUT2D eigenvalue weighted by atomic mass is 16.5. The van der Waals surface area contributed by atoms with Gasteiger partial charge < -0.3 is 26.1 Å². The van der Waals surface area contributed by atoms with Gasteiger partial charge in [0.1, 0.15) is 18.0 Å². The molecule has 10 heteroatoms. The van der Waals surface area contributed by atoms with Crippen LogP contribution in [0.25, 0.3) is 0 Å². The summed E-state index contributed by atoms with van der Waals surface area (Å²) in [7, 11) is 0. The Morgan fingerprint density at radius 2 is 1.62 bits per heavy atom. The number of carbonyl (C=O) groups excluding carboxylic acids is 2. The molecule has 0 atom stereocenters. The summed E-state index contributed by atoms with van der Waals surface area (Å²) in [4.78, 5) is 51.3. The molecule has 0 radical (unpaired) electrons. The second-order valence-electron chi connectivity index (χ2n) is 6.93.